The van der Waals surface area contributed by atoms with Crippen LogP contribution in [-0.2, 0) is 6.42 Å². The van der Waals surface area contributed by atoms with Gasteiger partial charge in [0.15, 0.2) is 0 Å². The Morgan fingerprint density at radius 3 is 2.68 bits per heavy atom. The summed E-state index contributed by atoms with van der Waals surface area (Å²) in [5.41, 5.74) is 2.16. The Morgan fingerprint density at radius 1 is 1.26 bits per heavy atom. The number of pyridine rings is 1. The lowest BCUT2D eigenvalue weighted by molar-refractivity contribution is 0.0697. The molecule has 0 aliphatic heterocycles. The third-order valence-electron chi connectivity index (χ3n) is 3.02. The molecule has 1 aromatic heterocycles. The highest BCUT2D eigenvalue weighted by molar-refractivity contribution is 5.93. The number of hydrogen-bond donors (Lipinski definition) is 1. The van der Waals surface area contributed by atoms with E-state index in [1.165, 1.54) is 11.8 Å². The van der Waals surface area contributed by atoms with Gasteiger partial charge in [-0.3, -0.25) is 4.98 Å². The van der Waals surface area contributed by atoms with E-state index in [1.807, 2.05) is 30.1 Å². The van der Waals surface area contributed by atoms with Crippen molar-refractivity contribution in [3.8, 4) is 0 Å². The van der Waals surface area contributed by atoms with E-state index in [2.05, 4.69) is 17.1 Å². The average Bonchev–Trinajstić information content (AvgIpc) is 2.46. The molecule has 0 fully saturated rings. The molecule has 0 spiro atoms. The van der Waals surface area contributed by atoms with E-state index in [1.54, 1.807) is 12.3 Å². The van der Waals surface area contributed by atoms with Crippen LogP contribution in [0.4, 0.5) is 5.69 Å². The van der Waals surface area contributed by atoms with Gasteiger partial charge in [-0.1, -0.05) is 30.3 Å². The highest BCUT2D eigenvalue weighted by Gasteiger charge is 2.13. The molecule has 4 nitrogen and oxygen atoms in total. The van der Waals surface area contributed by atoms with Gasteiger partial charge in [0.1, 0.15) is 5.56 Å². The van der Waals surface area contributed by atoms with Gasteiger partial charge in [-0.15, -0.1) is 0 Å². The third kappa shape index (κ3) is 3.31. The number of likely N-dealkylation sites (N-methyl/N-ethyl adjacent to an activating group) is 1. The number of benzene rings is 1. The van der Waals surface area contributed by atoms with Crippen molar-refractivity contribution in [1.29, 1.82) is 0 Å². The van der Waals surface area contributed by atoms with Crippen molar-refractivity contribution >= 4 is 11.7 Å². The van der Waals surface area contributed by atoms with Gasteiger partial charge in [-0.2, -0.15) is 0 Å². The minimum Gasteiger partial charge on any atom is -0.478 e. The van der Waals surface area contributed by atoms with Gasteiger partial charge in [0.2, 0.25) is 0 Å². The first-order valence-electron chi connectivity index (χ1n) is 6.11. The molecular weight excluding hydrogens is 240 g/mol. The molecule has 0 saturated heterocycles. The van der Waals surface area contributed by atoms with Crippen LogP contribution in [0.1, 0.15) is 15.9 Å². The van der Waals surface area contributed by atoms with Crippen molar-refractivity contribution in [1.82, 2.24) is 4.98 Å². The Labute approximate surface area is 112 Å². The van der Waals surface area contributed by atoms with Gasteiger partial charge in [0.05, 0.1) is 5.69 Å². The van der Waals surface area contributed by atoms with Gasteiger partial charge in [-0.05, 0) is 18.1 Å². The maximum absolute atomic E-state index is 11.1. The molecule has 2 aromatic rings. The number of carbonyl (C=O) groups is 1. The van der Waals surface area contributed by atoms with Crippen molar-refractivity contribution < 1.29 is 9.90 Å². The van der Waals surface area contributed by atoms with Gasteiger partial charge in [0.25, 0.3) is 0 Å². The molecule has 2 rings (SSSR count). The van der Waals surface area contributed by atoms with Crippen LogP contribution < -0.4 is 4.90 Å². The molecule has 0 amide bonds. The lowest BCUT2D eigenvalue weighted by Crippen LogP contribution is -2.22. The number of aromatic nitrogens is 1. The van der Waals surface area contributed by atoms with Crippen LogP contribution in [0.15, 0.2) is 48.8 Å². The van der Waals surface area contributed by atoms with Crippen molar-refractivity contribution in [2.75, 3.05) is 18.5 Å². The van der Waals surface area contributed by atoms with Crippen molar-refractivity contribution in [3.63, 3.8) is 0 Å². The SMILES string of the molecule is CN(CCc1ccccc1)c1ccncc1C(=O)O. The summed E-state index contributed by atoms with van der Waals surface area (Å²) in [5, 5.41) is 9.13. The zero-order valence-electron chi connectivity index (χ0n) is 10.8. The number of anilines is 1. The fourth-order valence-corrected chi connectivity index (χ4v) is 1.95. The second kappa shape index (κ2) is 6.00. The molecule has 4 heteroatoms. The van der Waals surface area contributed by atoms with Crippen LogP contribution in [0, 0.1) is 0 Å². The number of carboxylic acids is 1. The highest BCUT2D eigenvalue weighted by atomic mass is 16.4. The first-order chi connectivity index (χ1) is 9.18. The summed E-state index contributed by atoms with van der Waals surface area (Å²) in [5.74, 6) is -0.949. The Bertz CT molecular complexity index is 555. The van der Waals surface area contributed by atoms with Crippen LogP contribution in [0.5, 0.6) is 0 Å². The van der Waals surface area contributed by atoms with Crippen molar-refractivity contribution in [2.45, 2.75) is 6.42 Å². The zero-order chi connectivity index (χ0) is 13.7. The summed E-state index contributed by atoms with van der Waals surface area (Å²) >= 11 is 0. The number of rotatable bonds is 5. The number of aromatic carboxylic acids is 1. The predicted octanol–water partition coefficient (Wildman–Crippen LogP) is 2.46. The molecule has 0 atom stereocenters. The first-order valence-corrected chi connectivity index (χ1v) is 6.11. The number of carboxylic acid groups (broad SMARTS) is 1. The van der Waals surface area contributed by atoms with Gasteiger partial charge in [-0.25, -0.2) is 4.79 Å². The van der Waals surface area contributed by atoms with E-state index < -0.39 is 5.97 Å². The van der Waals surface area contributed by atoms with Crippen molar-refractivity contribution in [2.24, 2.45) is 0 Å². The Hall–Kier alpha value is -2.36. The van der Waals surface area contributed by atoms with E-state index in [-0.39, 0.29) is 5.56 Å². The molecule has 1 N–H and O–H groups in total. The smallest absolute Gasteiger partial charge is 0.339 e. The van der Waals surface area contributed by atoms with Crippen LogP contribution in [0.2, 0.25) is 0 Å². The fourth-order valence-electron chi connectivity index (χ4n) is 1.95. The Kier molecular flexibility index (Phi) is 4.13. The maximum atomic E-state index is 11.1. The van der Waals surface area contributed by atoms with Gasteiger partial charge < -0.3 is 10.0 Å². The lowest BCUT2D eigenvalue weighted by atomic mass is 10.1. The summed E-state index contributed by atoms with van der Waals surface area (Å²) in [7, 11) is 1.89. The van der Waals surface area contributed by atoms with E-state index in [0.717, 1.165) is 13.0 Å². The van der Waals surface area contributed by atoms with Crippen LogP contribution >= 0.6 is 0 Å². The molecule has 1 aromatic carbocycles. The first kappa shape index (κ1) is 13.1. The fraction of sp³-hybridized carbons (Fsp3) is 0.200. The molecular formula is C15H16N2O2. The molecule has 19 heavy (non-hydrogen) atoms. The number of hydrogen-bond acceptors (Lipinski definition) is 3. The maximum Gasteiger partial charge on any atom is 0.339 e. The minimum atomic E-state index is -0.949. The third-order valence-corrected chi connectivity index (χ3v) is 3.02. The van der Waals surface area contributed by atoms with Gasteiger partial charge in [0, 0.05) is 26.0 Å². The topological polar surface area (TPSA) is 53.4 Å². The summed E-state index contributed by atoms with van der Waals surface area (Å²) in [6.45, 7) is 0.758. The Balaban J connectivity index is 2.08. The second-order valence-corrected chi connectivity index (χ2v) is 4.36. The van der Waals surface area contributed by atoms with Crippen LogP contribution in [-0.4, -0.2) is 29.7 Å². The molecule has 0 aliphatic carbocycles. The largest absolute Gasteiger partial charge is 0.478 e. The molecule has 1 heterocycles. The number of nitrogens with zero attached hydrogens (tertiary/aromatic N) is 2. The zero-order valence-corrected chi connectivity index (χ0v) is 10.8. The molecule has 98 valence electrons. The minimum absolute atomic E-state index is 0.234. The van der Waals surface area contributed by atoms with Crippen molar-refractivity contribution in [3.05, 3.63) is 59.9 Å². The molecule has 0 saturated carbocycles. The average molecular weight is 256 g/mol. The predicted molar refractivity (Wildman–Crippen MR) is 74.6 cm³/mol. The summed E-state index contributed by atoms with van der Waals surface area (Å²) in [6.07, 6.45) is 3.87. The normalized spacial score (nSPS) is 10.2. The van der Waals surface area contributed by atoms with Crippen LogP contribution in [0.25, 0.3) is 0 Å². The highest BCUT2D eigenvalue weighted by Crippen LogP contribution is 2.18. The molecule has 0 radical (unpaired) electrons. The standard InChI is InChI=1S/C15H16N2O2/c1-17(10-8-12-5-3-2-4-6-12)14-7-9-16-11-13(14)15(18)19/h2-7,9,11H,8,10H2,1H3,(H,18,19). The summed E-state index contributed by atoms with van der Waals surface area (Å²) < 4.78 is 0. The molecule has 0 unspecified atom stereocenters. The lowest BCUT2D eigenvalue weighted by Gasteiger charge is -2.20. The van der Waals surface area contributed by atoms with Crippen LogP contribution in [0.3, 0.4) is 0 Å². The quantitative estimate of drug-likeness (QED) is 0.892. The molecule has 0 aliphatic rings. The van der Waals surface area contributed by atoms with Gasteiger partial charge >= 0.3 is 5.97 Å². The Morgan fingerprint density at radius 2 is 2.00 bits per heavy atom. The monoisotopic (exact) mass is 256 g/mol. The van der Waals surface area contributed by atoms with E-state index >= 15 is 0 Å². The van der Waals surface area contributed by atoms with E-state index in [4.69, 9.17) is 5.11 Å². The van der Waals surface area contributed by atoms with E-state index in [0.29, 0.717) is 5.69 Å². The molecule has 0 bridgehead atoms. The summed E-state index contributed by atoms with van der Waals surface area (Å²) in [4.78, 5) is 16.9. The second-order valence-electron chi connectivity index (χ2n) is 4.36. The van der Waals surface area contributed by atoms with E-state index in [9.17, 15) is 4.79 Å². The summed E-state index contributed by atoms with van der Waals surface area (Å²) in [6, 6.07) is 11.9.